The minimum Gasteiger partial charge on any atom is -0.313 e. The average Bonchev–Trinajstić information content (AvgIpc) is 2.15. The van der Waals surface area contributed by atoms with Gasteiger partial charge < -0.3 is 5.32 Å². The molecule has 6 heteroatoms. The molecular weight excluding hydrogens is 246 g/mol. The lowest BCUT2D eigenvalue weighted by Crippen LogP contribution is -2.41. The Kier molecular flexibility index (Phi) is 5.40. The largest absolute Gasteiger partial charge is 0.313 e. The molecule has 0 aromatic carbocycles. The molecule has 0 radical (unpaired) electrons. The van der Waals surface area contributed by atoms with Gasteiger partial charge in [0.2, 0.25) is 0 Å². The van der Waals surface area contributed by atoms with Crippen LogP contribution in [0.25, 0.3) is 0 Å². The monoisotopic (exact) mass is 267 g/mol. The smallest absolute Gasteiger partial charge is 0.151 e. The van der Waals surface area contributed by atoms with Crippen molar-refractivity contribution in [2.24, 2.45) is 0 Å². The molecule has 1 aliphatic rings. The zero-order valence-electron chi connectivity index (χ0n) is 9.94. The third-order valence-corrected chi connectivity index (χ3v) is 6.20. The average molecular weight is 267 g/mol. The van der Waals surface area contributed by atoms with Gasteiger partial charge in [-0.2, -0.15) is 0 Å². The molecule has 1 fully saturated rings. The molecule has 1 aliphatic heterocycles. The van der Waals surface area contributed by atoms with Crippen LogP contribution in [-0.4, -0.2) is 48.2 Å². The van der Waals surface area contributed by atoms with Gasteiger partial charge in [-0.05, 0) is 25.8 Å². The molecule has 1 saturated heterocycles. The van der Waals surface area contributed by atoms with Crippen LogP contribution in [0.15, 0.2) is 0 Å². The van der Waals surface area contributed by atoms with E-state index in [-0.39, 0.29) is 17.0 Å². The van der Waals surface area contributed by atoms with Crippen LogP contribution in [0.3, 0.4) is 0 Å². The predicted molar refractivity (Wildman–Crippen MR) is 67.8 cm³/mol. The Bertz CT molecular complexity index is 340. The van der Waals surface area contributed by atoms with Gasteiger partial charge in [-0.3, -0.25) is 4.21 Å². The molecule has 0 aromatic heterocycles. The highest BCUT2D eigenvalue weighted by Gasteiger charge is 2.24. The van der Waals surface area contributed by atoms with Crippen LogP contribution in [0.5, 0.6) is 0 Å². The molecule has 16 heavy (non-hydrogen) atoms. The van der Waals surface area contributed by atoms with Crippen molar-refractivity contribution in [2.75, 3.05) is 24.3 Å². The van der Waals surface area contributed by atoms with Gasteiger partial charge in [-0.25, -0.2) is 8.42 Å². The minimum absolute atomic E-state index is 0.0937. The number of sulfone groups is 1. The highest BCUT2D eigenvalue weighted by atomic mass is 32.2. The number of hydrogen-bond acceptors (Lipinski definition) is 4. The minimum atomic E-state index is -2.82. The molecule has 0 bridgehead atoms. The van der Waals surface area contributed by atoms with Gasteiger partial charge in [0.25, 0.3) is 0 Å². The summed E-state index contributed by atoms with van der Waals surface area (Å²) in [5.41, 5.74) is 0. The molecule has 1 N–H and O–H groups in total. The van der Waals surface area contributed by atoms with Gasteiger partial charge in [0.1, 0.15) is 0 Å². The zero-order valence-corrected chi connectivity index (χ0v) is 11.6. The Morgan fingerprint density at radius 2 is 2.19 bits per heavy atom. The summed E-state index contributed by atoms with van der Waals surface area (Å²) in [4.78, 5) is 0. The number of rotatable bonds is 5. The fourth-order valence-electron chi connectivity index (χ4n) is 1.84. The van der Waals surface area contributed by atoms with Crippen LogP contribution in [0.4, 0.5) is 0 Å². The van der Waals surface area contributed by atoms with E-state index in [1.807, 2.05) is 6.92 Å². The molecule has 0 aromatic rings. The summed E-state index contributed by atoms with van der Waals surface area (Å²) in [5, 5.41) is 3.42. The number of hydrogen-bond donors (Lipinski definition) is 1. The quantitative estimate of drug-likeness (QED) is 0.779. The van der Waals surface area contributed by atoms with Crippen LogP contribution in [-0.2, 0) is 20.6 Å². The standard InChI is InChI=1S/C10H21NO3S2/c1-9(15(2)12)5-6-11-10-4-3-7-16(13,14)8-10/h9-11H,3-8H2,1-2H3. The molecule has 96 valence electrons. The van der Waals surface area contributed by atoms with E-state index in [1.54, 1.807) is 6.26 Å². The normalized spacial score (nSPS) is 28.5. The zero-order chi connectivity index (χ0) is 12.2. The van der Waals surface area contributed by atoms with E-state index in [0.717, 1.165) is 25.8 Å². The van der Waals surface area contributed by atoms with E-state index < -0.39 is 20.6 Å². The van der Waals surface area contributed by atoms with Gasteiger partial charge in [-0.15, -0.1) is 0 Å². The summed E-state index contributed by atoms with van der Waals surface area (Å²) in [6, 6.07) is 0.0937. The van der Waals surface area contributed by atoms with Gasteiger partial charge in [0, 0.05) is 28.3 Å². The third kappa shape index (κ3) is 4.93. The molecule has 0 saturated carbocycles. The van der Waals surface area contributed by atoms with Crippen LogP contribution < -0.4 is 5.32 Å². The first-order valence-corrected chi connectivity index (χ1v) is 9.11. The Labute approximate surface area is 101 Å². The molecule has 0 aliphatic carbocycles. The molecular formula is C10H21NO3S2. The molecule has 1 rings (SSSR count). The van der Waals surface area contributed by atoms with Crippen molar-refractivity contribution in [3.05, 3.63) is 0 Å². The third-order valence-electron chi connectivity index (χ3n) is 3.01. The molecule has 0 amide bonds. The van der Waals surface area contributed by atoms with Crippen molar-refractivity contribution >= 4 is 20.6 Å². The second-order valence-electron chi connectivity index (χ2n) is 4.51. The van der Waals surface area contributed by atoms with Crippen molar-refractivity contribution < 1.29 is 12.6 Å². The van der Waals surface area contributed by atoms with Crippen molar-refractivity contribution in [1.29, 1.82) is 0 Å². The topological polar surface area (TPSA) is 63.2 Å². The van der Waals surface area contributed by atoms with E-state index in [0.29, 0.717) is 5.75 Å². The maximum Gasteiger partial charge on any atom is 0.151 e. The van der Waals surface area contributed by atoms with Gasteiger partial charge in [-0.1, -0.05) is 6.92 Å². The Morgan fingerprint density at radius 3 is 2.75 bits per heavy atom. The summed E-state index contributed by atoms with van der Waals surface area (Å²) in [6.45, 7) is 2.70. The van der Waals surface area contributed by atoms with Crippen LogP contribution in [0.1, 0.15) is 26.2 Å². The van der Waals surface area contributed by atoms with E-state index >= 15 is 0 Å². The summed E-state index contributed by atoms with van der Waals surface area (Å²) < 4.78 is 33.9. The Hall–Kier alpha value is 0.0600. The Morgan fingerprint density at radius 1 is 1.50 bits per heavy atom. The first-order chi connectivity index (χ1) is 7.41. The van der Waals surface area contributed by atoms with Crippen molar-refractivity contribution in [2.45, 2.75) is 37.5 Å². The van der Waals surface area contributed by atoms with Gasteiger partial charge >= 0.3 is 0 Å². The maximum absolute atomic E-state index is 11.4. The summed E-state index contributed by atoms with van der Waals surface area (Å²) >= 11 is 0. The van der Waals surface area contributed by atoms with E-state index in [4.69, 9.17) is 0 Å². The highest BCUT2D eigenvalue weighted by Crippen LogP contribution is 2.12. The lowest BCUT2D eigenvalue weighted by molar-refractivity contribution is 0.475. The summed E-state index contributed by atoms with van der Waals surface area (Å²) in [7, 11) is -3.61. The highest BCUT2D eigenvalue weighted by molar-refractivity contribution is 7.91. The van der Waals surface area contributed by atoms with Gasteiger partial charge in [0.05, 0.1) is 11.5 Å². The van der Waals surface area contributed by atoms with Crippen molar-refractivity contribution in [3.63, 3.8) is 0 Å². The summed E-state index contributed by atoms with van der Waals surface area (Å²) in [6.07, 6.45) is 4.23. The molecule has 3 unspecified atom stereocenters. The van der Waals surface area contributed by atoms with Crippen molar-refractivity contribution in [3.8, 4) is 0 Å². The Balaban J connectivity index is 2.25. The second kappa shape index (κ2) is 6.12. The predicted octanol–water partition coefficient (Wildman–Crippen LogP) is 0.310. The first kappa shape index (κ1) is 14.1. The number of nitrogens with one attached hydrogen (secondary N) is 1. The van der Waals surface area contributed by atoms with Crippen LogP contribution in [0, 0.1) is 0 Å². The van der Waals surface area contributed by atoms with E-state index in [1.165, 1.54) is 0 Å². The SMILES string of the molecule is CC(CCNC1CCCS(=O)(=O)C1)S(C)=O. The maximum atomic E-state index is 11.4. The lowest BCUT2D eigenvalue weighted by atomic mass is 10.2. The molecule has 1 heterocycles. The van der Waals surface area contributed by atoms with E-state index in [9.17, 15) is 12.6 Å². The van der Waals surface area contributed by atoms with Crippen LogP contribution >= 0.6 is 0 Å². The molecule has 3 atom stereocenters. The fraction of sp³-hybridized carbons (Fsp3) is 1.00. The van der Waals surface area contributed by atoms with E-state index in [2.05, 4.69) is 5.32 Å². The molecule has 0 spiro atoms. The lowest BCUT2D eigenvalue weighted by Gasteiger charge is -2.23. The van der Waals surface area contributed by atoms with Gasteiger partial charge in [0.15, 0.2) is 9.84 Å². The first-order valence-electron chi connectivity index (χ1n) is 5.67. The summed E-state index contributed by atoms with van der Waals surface area (Å²) in [5.74, 6) is 0.594. The van der Waals surface area contributed by atoms with Crippen molar-refractivity contribution in [1.82, 2.24) is 5.32 Å². The molecule has 4 nitrogen and oxygen atoms in total. The second-order valence-corrected chi connectivity index (χ2v) is 8.54. The fourth-order valence-corrected chi connectivity index (χ4v) is 3.96. The van der Waals surface area contributed by atoms with Crippen LogP contribution in [0.2, 0.25) is 0 Å².